The highest BCUT2D eigenvalue weighted by molar-refractivity contribution is 5.42. The zero-order valence-corrected chi connectivity index (χ0v) is 9.48. The molecule has 2 rings (SSSR count). The Balaban J connectivity index is 2.08. The fraction of sp³-hybridized carbons (Fsp3) is 0.500. The molecule has 4 nitrogen and oxygen atoms in total. The Kier molecular flexibility index (Phi) is 3.37. The van der Waals surface area contributed by atoms with Crippen LogP contribution in [0.1, 0.15) is 18.9 Å². The summed E-state index contributed by atoms with van der Waals surface area (Å²) in [5.74, 6) is 0.971. The van der Waals surface area contributed by atoms with Crippen LogP contribution in [-0.2, 0) is 0 Å². The molecule has 0 radical (unpaired) electrons. The summed E-state index contributed by atoms with van der Waals surface area (Å²) in [5.41, 5.74) is 0.617. The Bertz CT molecular complexity index is 379. The quantitative estimate of drug-likeness (QED) is 0.805. The van der Waals surface area contributed by atoms with E-state index in [9.17, 15) is 0 Å². The van der Waals surface area contributed by atoms with Crippen molar-refractivity contribution >= 4 is 5.82 Å². The molecule has 84 valence electrons. The van der Waals surface area contributed by atoms with Crippen LogP contribution in [0, 0.1) is 11.3 Å². The molecule has 1 N–H and O–H groups in total. The molecule has 1 aromatic heterocycles. The molecule has 0 amide bonds. The number of nitrogens with one attached hydrogen (secondary N) is 1. The second-order valence-electron chi connectivity index (χ2n) is 4.02. The molecule has 4 heteroatoms. The topological polar surface area (TPSA) is 52.0 Å². The summed E-state index contributed by atoms with van der Waals surface area (Å²) < 4.78 is 0. The molecule has 1 saturated heterocycles. The minimum Gasteiger partial charge on any atom is -0.354 e. The number of anilines is 1. The summed E-state index contributed by atoms with van der Waals surface area (Å²) >= 11 is 0. The van der Waals surface area contributed by atoms with Gasteiger partial charge in [-0.3, -0.25) is 0 Å². The number of aromatic nitrogens is 1. The van der Waals surface area contributed by atoms with Crippen LogP contribution in [0.4, 0.5) is 5.82 Å². The Morgan fingerprint density at radius 2 is 2.50 bits per heavy atom. The molecule has 16 heavy (non-hydrogen) atoms. The first-order chi connectivity index (χ1) is 7.83. The van der Waals surface area contributed by atoms with Gasteiger partial charge in [-0.25, -0.2) is 4.98 Å². The van der Waals surface area contributed by atoms with Crippen molar-refractivity contribution < 1.29 is 0 Å². The third-order valence-electron chi connectivity index (χ3n) is 2.95. The number of piperazine rings is 1. The van der Waals surface area contributed by atoms with Gasteiger partial charge in [0.1, 0.15) is 11.9 Å². The molecule has 1 atom stereocenters. The van der Waals surface area contributed by atoms with Crippen LogP contribution in [-0.4, -0.2) is 30.7 Å². The molecule has 0 unspecified atom stereocenters. The molecule has 1 aliphatic rings. The van der Waals surface area contributed by atoms with Crippen molar-refractivity contribution in [3.8, 4) is 6.07 Å². The maximum Gasteiger partial charge on any atom is 0.128 e. The van der Waals surface area contributed by atoms with E-state index in [0.29, 0.717) is 11.6 Å². The van der Waals surface area contributed by atoms with Crippen LogP contribution >= 0.6 is 0 Å². The van der Waals surface area contributed by atoms with Gasteiger partial charge >= 0.3 is 0 Å². The molecule has 0 bridgehead atoms. The number of rotatable bonds is 2. The van der Waals surface area contributed by atoms with Gasteiger partial charge in [0.05, 0.1) is 5.56 Å². The van der Waals surface area contributed by atoms with E-state index < -0.39 is 0 Å². The van der Waals surface area contributed by atoms with Crippen molar-refractivity contribution in [1.82, 2.24) is 10.3 Å². The van der Waals surface area contributed by atoms with E-state index in [0.717, 1.165) is 31.9 Å². The predicted molar refractivity (Wildman–Crippen MR) is 63.2 cm³/mol. The number of hydrogen-bond acceptors (Lipinski definition) is 4. The molecular formula is C12H16N4. The lowest BCUT2D eigenvalue weighted by Gasteiger charge is -2.34. The Morgan fingerprint density at radius 3 is 3.12 bits per heavy atom. The van der Waals surface area contributed by atoms with Crippen molar-refractivity contribution in [2.24, 2.45) is 0 Å². The van der Waals surface area contributed by atoms with Gasteiger partial charge in [0.2, 0.25) is 0 Å². The summed E-state index contributed by atoms with van der Waals surface area (Å²) in [6.07, 6.45) is 2.77. The summed E-state index contributed by atoms with van der Waals surface area (Å²) in [4.78, 5) is 6.59. The van der Waals surface area contributed by atoms with Gasteiger partial charge in [0.25, 0.3) is 0 Å². The summed E-state index contributed by atoms with van der Waals surface area (Å²) in [6, 6.07) is 6.38. The number of nitrogens with zero attached hydrogens (tertiary/aromatic N) is 3. The van der Waals surface area contributed by atoms with Crippen molar-refractivity contribution in [3.63, 3.8) is 0 Å². The van der Waals surface area contributed by atoms with E-state index in [1.165, 1.54) is 0 Å². The summed E-state index contributed by atoms with van der Waals surface area (Å²) in [7, 11) is 0. The van der Waals surface area contributed by atoms with E-state index in [1.54, 1.807) is 6.20 Å². The lowest BCUT2D eigenvalue weighted by atomic mass is 10.1. The molecule has 1 fully saturated rings. The monoisotopic (exact) mass is 216 g/mol. The average molecular weight is 216 g/mol. The molecule has 2 heterocycles. The van der Waals surface area contributed by atoms with Crippen LogP contribution in [0.5, 0.6) is 0 Å². The Labute approximate surface area is 95.9 Å². The van der Waals surface area contributed by atoms with Gasteiger partial charge in [-0.1, -0.05) is 6.92 Å². The fourth-order valence-corrected chi connectivity index (χ4v) is 1.95. The number of hydrogen-bond donors (Lipinski definition) is 1. The largest absolute Gasteiger partial charge is 0.354 e. The number of pyridine rings is 1. The van der Waals surface area contributed by atoms with Crippen molar-refractivity contribution in [2.75, 3.05) is 24.5 Å². The van der Waals surface area contributed by atoms with Crippen molar-refractivity contribution in [1.29, 1.82) is 5.26 Å². The third kappa shape index (κ3) is 2.31. The molecule has 0 spiro atoms. The highest BCUT2D eigenvalue weighted by Crippen LogP contribution is 2.14. The van der Waals surface area contributed by atoms with Gasteiger partial charge in [0, 0.05) is 31.9 Å². The van der Waals surface area contributed by atoms with Gasteiger partial charge in [-0.15, -0.1) is 0 Å². The van der Waals surface area contributed by atoms with E-state index in [4.69, 9.17) is 5.26 Å². The van der Waals surface area contributed by atoms with Gasteiger partial charge in [0.15, 0.2) is 0 Å². The summed E-state index contributed by atoms with van der Waals surface area (Å²) in [6.45, 7) is 5.17. The standard InChI is InChI=1S/C12H16N4/c1-2-11-9-16(6-5-14-11)12-4-3-10(7-13)8-15-12/h3-4,8,11,14H,2,5-6,9H2,1H3/t11-/m0/s1. The first-order valence-electron chi connectivity index (χ1n) is 5.68. The smallest absolute Gasteiger partial charge is 0.128 e. The lowest BCUT2D eigenvalue weighted by molar-refractivity contribution is 0.445. The molecular weight excluding hydrogens is 200 g/mol. The summed E-state index contributed by atoms with van der Waals surface area (Å²) in [5, 5.41) is 12.2. The van der Waals surface area contributed by atoms with Crippen LogP contribution < -0.4 is 10.2 Å². The predicted octanol–water partition coefficient (Wildman–Crippen LogP) is 1.14. The van der Waals surface area contributed by atoms with Crippen LogP contribution in [0.2, 0.25) is 0 Å². The van der Waals surface area contributed by atoms with Crippen molar-refractivity contribution in [3.05, 3.63) is 23.9 Å². The average Bonchev–Trinajstić information content (AvgIpc) is 2.39. The molecule has 0 aliphatic carbocycles. The van der Waals surface area contributed by atoms with Crippen molar-refractivity contribution in [2.45, 2.75) is 19.4 Å². The Hall–Kier alpha value is -1.60. The van der Waals surface area contributed by atoms with E-state index in [2.05, 4.69) is 28.2 Å². The minimum absolute atomic E-state index is 0.547. The van der Waals surface area contributed by atoms with Gasteiger partial charge < -0.3 is 10.2 Å². The SMILES string of the molecule is CC[C@H]1CN(c2ccc(C#N)cn2)CCN1. The highest BCUT2D eigenvalue weighted by atomic mass is 15.2. The second-order valence-corrected chi connectivity index (χ2v) is 4.02. The zero-order chi connectivity index (χ0) is 11.4. The van der Waals surface area contributed by atoms with Gasteiger partial charge in [-0.05, 0) is 18.6 Å². The van der Waals surface area contributed by atoms with Crippen LogP contribution in [0.25, 0.3) is 0 Å². The Morgan fingerprint density at radius 1 is 1.62 bits per heavy atom. The maximum atomic E-state index is 8.71. The first-order valence-corrected chi connectivity index (χ1v) is 5.68. The first kappa shape index (κ1) is 10.9. The molecule has 0 saturated carbocycles. The van der Waals surface area contributed by atoms with E-state index in [-0.39, 0.29) is 0 Å². The van der Waals surface area contributed by atoms with E-state index >= 15 is 0 Å². The lowest BCUT2D eigenvalue weighted by Crippen LogP contribution is -2.50. The maximum absolute atomic E-state index is 8.71. The third-order valence-corrected chi connectivity index (χ3v) is 2.95. The molecule has 1 aromatic rings. The van der Waals surface area contributed by atoms with Crippen LogP contribution in [0.15, 0.2) is 18.3 Å². The van der Waals surface area contributed by atoms with Gasteiger partial charge in [-0.2, -0.15) is 5.26 Å². The van der Waals surface area contributed by atoms with E-state index in [1.807, 2.05) is 12.1 Å². The second kappa shape index (κ2) is 4.95. The van der Waals surface area contributed by atoms with Crippen LogP contribution in [0.3, 0.4) is 0 Å². The zero-order valence-electron chi connectivity index (χ0n) is 9.48. The molecule has 1 aliphatic heterocycles. The highest BCUT2D eigenvalue weighted by Gasteiger charge is 2.18. The normalized spacial score (nSPS) is 20.5. The molecule has 0 aromatic carbocycles. The minimum atomic E-state index is 0.547. The fourth-order valence-electron chi connectivity index (χ4n) is 1.95. The number of nitriles is 1.